The van der Waals surface area contributed by atoms with Crippen LogP contribution in [0.2, 0.25) is 0 Å². The van der Waals surface area contributed by atoms with Crippen LogP contribution in [0.3, 0.4) is 0 Å². The van der Waals surface area contributed by atoms with Gasteiger partial charge in [-0.25, -0.2) is 4.98 Å². The van der Waals surface area contributed by atoms with Crippen LogP contribution in [0.15, 0.2) is 60.7 Å². The van der Waals surface area contributed by atoms with Crippen molar-refractivity contribution in [2.45, 2.75) is 26.2 Å². The van der Waals surface area contributed by atoms with Crippen molar-refractivity contribution in [2.75, 3.05) is 11.9 Å². The van der Waals surface area contributed by atoms with Gasteiger partial charge in [0.1, 0.15) is 5.75 Å². The van der Waals surface area contributed by atoms with E-state index in [1.807, 2.05) is 60.7 Å². The summed E-state index contributed by atoms with van der Waals surface area (Å²) in [7, 11) is 0. The Hall–Kier alpha value is -2.37. The second-order valence-corrected chi connectivity index (χ2v) is 6.91. The number of para-hydroxylation sites is 1. The van der Waals surface area contributed by atoms with E-state index in [0.29, 0.717) is 24.6 Å². The Morgan fingerprint density at radius 2 is 1.74 bits per heavy atom. The van der Waals surface area contributed by atoms with Crippen molar-refractivity contribution in [3.05, 3.63) is 65.5 Å². The van der Waals surface area contributed by atoms with Crippen LogP contribution < -0.4 is 10.1 Å². The molecule has 0 bridgehead atoms. The van der Waals surface area contributed by atoms with E-state index in [9.17, 15) is 4.79 Å². The minimum absolute atomic E-state index is 0. The maximum Gasteiger partial charge on any atom is 0.226 e. The summed E-state index contributed by atoms with van der Waals surface area (Å²) in [6.45, 7) is 2.62. The molecule has 0 aliphatic carbocycles. The van der Waals surface area contributed by atoms with Crippen molar-refractivity contribution in [1.82, 2.24) is 4.98 Å². The Morgan fingerprint density at radius 1 is 1.07 bits per heavy atom. The van der Waals surface area contributed by atoms with Gasteiger partial charge in [0.25, 0.3) is 0 Å². The molecule has 0 aliphatic heterocycles. The van der Waals surface area contributed by atoms with E-state index in [4.69, 9.17) is 4.74 Å². The van der Waals surface area contributed by atoms with Gasteiger partial charge < -0.3 is 10.1 Å². The number of amides is 1. The number of thiazole rings is 1. The molecule has 0 saturated carbocycles. The van der Waals surface area contributed by atoms with Crippen molar-refractivity contribution >= 4 is 34.8 Å². The van der Waals surface area contributed by atoms with Gasteiger partial charge in [-0.1, -0.05) is 55.5 Å². The smallest absolute Gasteiger partial charge is 0.226 e. The zero-order valence-corrected chi connectivity index (χ0v) is 16.8. The zero-order chi connectivity index (χ0) is 18.2. The lowest BCUT2D eigenvalue weighted by atomic mass is 10.1. The summed E-state index contributed by atoms with van der Waals surface area (Å²) in [5, 5.41) is 3.58. The Balaban J connectivity index is 0.00000261. The first-order valence-electron chi connectivity index (χ1n) is 8.79. The number of carbonyl (C=O) groups is 1. The molecule has 4 nitrogen and oxygen atoms in total. The van der Waals surface area contributed by atoms with Crippen LogP contribution in [0, 0.1) is 0 Å². The Morgan fingerprint density at radius 3 is 2.41 bits per heavy atom. The number of benzene rings is 2. The van der Waals surface area contributed by atoms with Crippen molar-refractivity contribution in [2.24, 2.45) is 0 Å². The molecule has 0 unspecified atom stereocenters. The van der Waals surface area contributed by atoms with Gasteiger partial charge in [-0.3, -0.25) is 4.79 Å². The molecule has 0 saturated heterocycles. The molecule has 6 heteroatoms. The number of anilines is 1. The number of carbonyl (C=O) groups excluding carboxylic acids is 1. The van der Waals surface area contributed by atoms with E-state index in [1.165, 1.54) is 4.88 Å². The van der Waals surface area contributed by atoms with Crippen LogP contribution >= 0.6 is 23.7 Å². The number of rotatable bonds is 8. The summed E-state index contributed by atoms with van der Waals surface area (Å²) >= 11 is 1.54. The first kappa shape index (κ1) is 20.9. The van der Waals surface area contributed by atoms with Crippen molar-refractivity contribution in [3.8, 4) is 17.0 Å². The fraction of sp³-hybridized carbons (Fsp3) is 0.238. The highest BCUT2D eigenvalue weighted by Crippen LogP contribution is 2.31. The molecule has 0 aliphatic rings. The molecule has 142 valence electrons. The van der Waals surface area contributed by atoms with Gasteiger partial charge in [0.15, 0.2) is 5.13 Å². The zero-order valence-electron chi connectivity index (χ0n) is 15.2. The highest BCUT2D eigenvalue weighted by atomic mass is 35.5. The third-order valence-corrected chi connectivity index (χ3v) is 4.99. The van der Waals surface area contributed by atoms with Crippen molar-refractivity contribution < 1.29 is 9.53 Å². The monoisotopic (exact) mass is 402 g/mol. The second-order valence-electron chi connectivity index (χ2n) is 5.82. The summed E-state index contributed by atoms with van der Waals surface area (Å²) in [5.74, 6) is 0.797. The van der Waals surface area contributed by atoms with E-state index in [1.54, 1.807) is 11.3 Å². The first-order valence-corrected chi connectivity index (χ1v) is 9.60. The molecule has 0 fully saturated rings. The molecule has 27 heavy (non-hydrogen) atoms. The fourth-order valence-corrected chi connectivity index (χ4v) is 3.53. The molecule has 1 aromatic heterocycles. The van der Waals surface area contributed by atoms with Gasteiger partial charge in [0, 0.05) is 16.9 Å². The van der Waals surface area contributed by atoms with Crippen LogP contribution in [0.25, 0.3) is 11.3 Å². The van der Waals surface area contributed by atoms with Gasteiger partial charge in [-0.05, 0) is 25.0 Å². The molecular formula is C21H23ClN2O2S. The van der Waals surface area contributed by atoms with Gasteiger partial charge in [0.05, 0.1) is 12.3 Å². The Kier molecular flexibility index (Phi) is 8.30. The molecule has 1 amide bonds. The number of ether oxygens (including phenoxy) is 1. The molecule has 1 heterocycles. The number of hydrogen-bond donors (Lipinski definition) is 1. The van der Waals surface area contributed by atoms with Crippen LogP contribution in [-0.4, -0.2) is 17.5 Å². The SMILES string of the molecule is CCc1sc(NC(=O)CCCOc2ccccc2)nc1-c1ccccc1.Cl. The summed E-state index contributed by atoms with van der Waals surface area (Å²) in [6.07, 6.45) is 1.97. The van der Waals surface area contributed by atoms with Crippen LogP contribution in [0.5, 0.6) is 5.75 Å². The topological polar surface area (TPSA) is 51.2 Å². The van der Waals surface area contributed by atoms with E-state index in [-0.39, 0.29) is 18.3 Å². The van der Waals surface area contributed by atoms with E-state index in [0.717, 1.165) is 23.4 Å². The standard InChI is InChI=1S/C21H22N2O2S.ClH/c1-2-18-20(16-10-5-3-6-11-16)23-21(26-18)22-19(24)14-9-15-25-17-12-7-4-8-13-17;/h3-8,10-13H,2,9,14-15H2,1H3,(H,22,23,24);1H. The minimum Gasteiger partial charge on any atom is -0.494 e. The van der Waals surface area contributed by atoms with E-state index < -0.39 is 0 Å². The third-order valence-electron chi connectivity index (χ3n) is 3.87. The fourth-order valence-electron chi connectivity index (χ4n) is 2.59. The number of aryl methyl sites for hydroxylation is 1. The average Bonchev–Trinajstić information content (AvgIpc) is 3.09. The maximum absolute atomic E-state index is 12.2. The van der Waals surface area contributed by atoms with Crippen molar-refractivity contribution in [1.29, 1.82) is 0 Å². The maximum atomic E-state index is 12.2. The number of halogens is 1. The van der Waals surface area contributed by atoms with Crippen LogP contribution in [0.1, 0.15) is 24.6 Å². The summed E-state index contributed by atoms with van der Waals surface area (Å²) in [5.41, 5.74) is 2.04. The molecule has 3 aromatic rings. The summed E-state index contributed by atoms with van der Waals surface area (Å²) in [6, 6.07) is 19.7. The molecule has 0 atom stereocenters. The quantitative estimate of drug-likeness (QED) is 0.499. The lowest BCUT2D eigenvalue weighted by molar-refractivity contribution is -0.116. The summed E-state index contributed by atoms with van der Waals surface area (Å²) < 4.78 is 5.61. The molecule has 1 N–H and O–H groups in total. The third kappa shape index (κ3) is 6.08. The van der Waals surface area contributed by atoms with E-state index in [2.05, 4.69) is 17.2 Å². The summed E-state index contributed by atoms with van der Waals surface area (Å²) in [4.78, 5) is 18.0. The van der Waals surface area contributed by atoms with Crippen molar-refractivity contribution in [3.63, 3.8) is 0 Å². The normalized spacial score (nSPS) is 10.1. The second kappa shape index (κ2) is 10.7. The predicted molar refractivity (Wildman–Crippen MR) is 114 cm³/mol. The number of nitrogens with zero attached hydrogens (tertiary/aromatic N) is 1. The number of nitrogens with one attached hydrogen (secondary N) is 1. The average molecular weight is 403 g/mol. The molecule has 0 radical (unpaired) electrons. The lowest BCUT2D eigenvalue weighted by Gasteiger charge is -2.05. The molecule has 2 aromatic carbocycles. The van der Waals surface area contributed by atoms with E-state index >= 15 is 0 Å². The van der Waals surface area contributed by atoms with Gasteiger partial charge in [0.2, 0.25) is 5.91 Å². The lowest BCUT2D eigenvalue weighted by Crippen LogP contribution is -2.12. The Bertz CT molecular complexity index is 838. The highest BCUT2D eigenvalue weighted by molar-refractivity contribution is 7.16. The highest BCUT2D eigenvalue weighted by Gasteiger charge is 2.13. The largest absolute Gasteiger partial charge is 0.494 e. The number of hydrogen-bond acceptors (Lipinski definition) is 4. The van der Waals surface area contributed by atoms with Crippen LogP contribution in [0.4, 0.5) is 5.13 Å². The van der Waals surface area contributed by atoms with Gasteiger partial charge in [-0.2, -0.15) is 0 Å². The Labute approximate surface area is 170 Å². The minimum atomic E-state index is -0.0299. The van der Waals surface area contributed by atoms with Gasteiger partial charge >= 0.3 is 0 Å². The number of aromatic nitrogens is 1. The van der Waals surface area contributed by atoms with Gasteiger partial charge in [-0.15, -0.1) is 23.7 Å². The molecule has 3 rings (SSSR count). The van der Waals surface area contributed by atoms with Crippen LogP contribution in [-0.2, 0) is 11.2 Å². The first-order chi connectivity index (χ1) is 12.8. The molecule has 0 spiro atoms. The molecular weight excluding hydrogens is 380 g/mol. The predicted octanol–water partition coefficient (Wildman–Crippen LogP) is 5.59.